The van der Waals surface area contributed by atoms with Crippen molar-refractivity contribution < 1.29 is 27.1 Å². The molecular formula is C20H17NO6S. The van der Waals surface area contributed by atoms with Crippen molar-refractivity contribution in [3.63, 3.8) is 0 Å². The van der Waals surface area contributed by atoms with Crippen LogP contribution in [-0.2, 0) is 22.1 Å². The number of fused-ring (bicyclic) bond motifs is 1. The number of benzene rings is 2. The number of carbonyl (C=O) groups is 1. The van der Waals surface area contributed by atoms with E-state index >= 15 is 0 Å². The summed E-state index contributed by atoms with van der Waals surface area (Å²) < 4.78 is 40.9. The quantitative estimate of drug-likeness (QED) is 0.685. The highest BCUT2D eigenvalue weighted by Gasteiger charge is 2.22. The van der Waals surface area contributed by atoms with Gasteiger partial charge in [-0.2, -0.15) is 0 Å². The van der Waals surface area contributed by atoms with Crippen LogP contribution in [0.3, 0.4) is 0 Å². The summed E-state index contributed by atoms with van der Waals surface area (Å²) in [6, 6.07) is 15.0. The predicted molar refractivity (Wildman–Crippen MR) is 99.8 cm³/mol. The first kappa shape index (κ1) is 18.1. The maximum Gasteiger partial charge on any atom is 0.287 e. The van der Waals surface area contributed by atoms with Crippen molar-refractivity contribution in [1.29, 1.82) is 0 Å². The van der Waals surface area contributed by atoms with E-state index in [2.05, 4.69) is 5.32 Å². The van der Waals surface area contributed by atoms with Crippen LogP contribution in [0.1, 0.15) is 21.7 Å². The van der Waals surface area contributed by atoms with Gasteiger partial charge in [-0.15, -0.1) is 0 Å². The smallest absolute Gasteiger partial charge is 0.287 e. The summed E-state index contributed by atoms with van der Waals surface area (Å²) in [5, 5.41) is 2.73. The minimum absolute atomic E-state index is 0.0137. The van der Waals surface area contributed by atoms with E-state index in [9.17, 15) is 13.2 Å². The third-order valence-corrected chi connectivity index (χ3v) is 5.97. The Bertz CT molecular complexity index is 1100. The molecule has 0 spiro atoms. The summed E-state index contributed by atoms with van der Waals surface area (Å²) in [6.07, 6.45) is 1.31. The van der Waals surface area contributed by atoms with Gasteiger partial charge >= 0.3 is 0 Å². The van der Waals surface area contributed by atoms with Crippen LogP contribution in [0, 0.1) is 0 Å². The van der Waals surface area contributed by atoms with Crippen molar-refractivity contribution in [2.24, 2.45) is 0 Å². The van der Waals surface area contributed by atoms with E-state index in [1.54, 1.807) is 30.3 Å². The van der Waals surface area contributed by atoms with Gasteiger partial charge in [0.1, 0.15) is 0 Å². The third-order valence-electron chi connectivity index (χ3n) is 4.29. The van der Waals surface area contributed by atoms with Crippen molar-refractivity contribution in [3.8, 4) is 11.5 Å². The number of ether oxygens (including phenoxy) is 2. The fourth-order valence-electron chi connectivity index (χ4n) is 2.88. The summed E-state index contributed by atoms with van der Waals surface area (Å²) in [6.45, 7) is 0.415. The Labute approximate surface area is 161 Å². The molecule has 3 aromatic rings. The van der Waals surface area contributed by atoms with Crippen LogP contribution in [0.15, 0.2) is 70.2 Å². The Hall–Kier alpha value is -3.26. The highest BCUT2D eigenvalue weighted by molar-refractivity contribution is 7.90. The molecule has 0 radical (unpaired) electrons. The molecule has 28 heavy (non-hydrogen) atoms. The van der Waals surface area contributed by atoms with Gasteiger partial charge in [0.05, 0.1) is 16.9 Å². The van der Waals surface area contributed by atoms with Gasteiger partial charge in [0, 0.05) is 12.1 Å². The summed E-state index contributed by atoms with van der Waals surface area (Å²) >= 11 is 0. The topological polar surface area (TPSA) is 94.8 Å². The summed E-state index contributed by atoms with van der Waals surface area (Å²) in [5.74, 6) is 0.468. The van der Waals surface area contributed by atoms with Crippen LogP contribution in [0.5, 0.6) is 11.5 Å². The molecule has 1 aromatic heterocycles. The van der Waals surface area contributed by atoms with Crippen LogP contribution in [0.4, 0.5) is 0 Å². The fourth-order valence-corrected chi connectivity index (χ4v) is 4.25. The van der Waals surface area contributed by atoms with Gasteiger partial charge in [-0.05, 0) is 35.9 Å². The predicted octanol–water partition coefficient (Wildman–Crippen LogP) is 2.91. The minimum atomic E-state index is -3.58. The van der Waals surface area contributed by atoms with Crippen molar-refractivity contribution >= 4 is 15.7 Å². The molecule has 0 unspecified atom stereocenters. The monoisotopic (exact) mass is 399 g/mol. The second-order valence-electron chi connectivity index (χ2n) is 6.22. The highest BCUT2D eigenvalue weighted by atomic mass is 32.2. The number of hydrogen-bond donors (Lipinski definition) is 1. The van der Waals surface area contributed by atoms with Gasteiger partial charge in [0.25, 0.3) is 5.91 Å². The van der Waals surface area contributed by atoms with E-state index in [4.69, 9.17) is 13.9 Å². The standard InChI is InChI=1S/C20H17NO6S/c22-20(21-11-14-6-7-17-18(10-14)27-13-26-17)19-15(8-9-25-19)12-28(23,24)16-4-2-1-3-5-16/h1-10H,11-13H2,(H,21,22). The molecule has 8 heteroatoms. The molecule has 0 aliphatic carbocycles. The number of carbonyl (C=O) groups excluding carboxylic acids is 1. The molecule has 0 bridgehead atoms. The zero-order valence-electron chi connectivity index (χ0n) is 14.8. The molecule has 1 aliphatic rings. The Morgan fingerprint density at radius 2 is 1.79 bits per heavy atom. The van der Waals surface area contributed by atoms with Crippen LogP contribution in [-0.4, -0.2) is 21.1 Å². The molecule has 1 aliphatic heterocycles. The second kappa shape index (κ2) is 7.40. The lowest BCUT2D eigenvalue weighted by Gasteiger charge is -2.07. The summed E-state index contributed by atoms with van der Waals surface area (Å²) in [5.41, 5.74) is 1.13. The van der Waals surface area contributed by atoms with Crippen LogP contribution in [0.2, 0.25) is 0 Å². The zero-order valence-corrected chi connectivity index (χ0v) is 15.6. The number of nitrogens with one attached hydrogen (secondary N) is 1. The van der Waals surface area contributed by atoms with Gasteiger partial charge in [-0.25, -0.2) is 8.42 Å². The lowest BCUT2D eigenvalue weighted by atomic mass is 10.2. The van der Waals surface area contributed by atoms with Crippen molar-refractivity contribution in [3.05, 3.63) is 77.7 Å². The molecule has 7 nitrogen and oxygen atoms in total. The van der Waals surface area contributed by atoms with Crippen LogP contribution in [0.25, 0.3) is 0 Å². The molecule has 4 rings (SSSR count). The summed E-state index contributed by atoms with van der Waals surface area (Å²) in [4.78, 5) is 12.7. The largest absolute Gasteiger partial charge is 0.459 e. The maximum absolute atomic E-state index is 12.6. The molecule has 0 saturated heterocycles. The van der Waals surface area contributed by atoms with E-state index in [1.165, 1.54) is 24.5 Å². The van der Waals surface area contributed by atoms with Crippen molar-refractivity contribution in [2.45, 2.75) is 17.2 Å². The molecule has 2 aromatic carbocycles. The van der Waals surface area contributed by atoms with E-state index < -0.39 is 15.7 Å². The molecule has 1 N–H and O–H groups in total. The first-order valence-corrected chi connectivity index (χ1v) is 10.2. The van der Waals surface area contributed by atoms with E-state index in [0.717, 1.165) is 5.56 Å². The van der Waals surface area contributed by atoms with E-state index in [0.29, 0.717) is 17.1 Å². The molecule has 0 fully saturated rings. The third kappa shape index (κ3) is 3.72. The molecule has 2 heterocycles. The Kier molecular flexibility index (Phi) is 4.79. The normalized spacial score (nSPS) is 12.7. The number of amides is 1. The molecule has 144 valence electrons. The first-order chi connectivity index (χ1) is 13.5. The summed E-state index contributed by atoms with van der Waals surface area (Å²) in [7, 11) is -3.58. The Morgan fingerprint density at radius 1 is 1.00 bits per heavy atom. The van der Waals surface area contributed by atoms with Crippen molar-refractivity contribution in [2.75, 3.05) is 6.79 Å². The molecule has 0 atom stereocenters. The van der Waals surface area contributed by atoms with Crippen LogP contribution >= 0.6 is 0 Å². The number of hydrogen-bond acceptors (Lipinski definition) is 6. The molecule has 1 amide bonds. The number of rotatable bonds is 6. The SMILES string of the molecule is O=C(NCc1ccc2c(c1)OCO2)c1occc1CS(=O)(=O)c1ccccc1. The van der Waals surface area contributed by atoms with Gasteiger partial charge in [0.15, 0.2) is 27.1 Å². The lowest BCUT2D eigenvalue weighted by Crippen LogP contribution is -2.23. The van der Waals surface area contributed by atoms with Gasteiger partial charge in [-0.3, -0.25) is 4.79 Å². The highest BCUT2D eigenvalue weighted by Crippen LogP contribution is 2.32. The molecular weight excluding hydrogens is 382 g/mol. The lowest BCUT2D eigenvalue weighted by molar-refractivity contribution is 0.0922. The second-order valence-corrected chi connectivity index (χ2v) is 8.21. The number of sulfone groups is 1. The average Bonchev–Trinajstić information content (AvgIpc) is 3.35. The van der Waals surface area contributed by atoms with Gasteiger partial charge in [-0.1, -0.05) is 24.3 Å². The molecule has 0 saturated carbocycles. The minimum Gasteiger partial charge on any atom is -0.459 e. The van der Waals surface area contributed by atoms with Gasteiger partial charge in [0.2, 0.25) is 6.79 Å². The Balaban J connectivity index is 1.45. The zero-order chi connectivity index (χ0) is 19.6. The fraction of sp³-hybridized carbons (Fsp3) is 0.150. The van der Waals surface area contributed by atoms with E-state index in [1.807, 2.05) is 6.07 Å². The Morgan fingerprint density at radius 3 is 2.61 bits per heavy atom. The van der Waals surface area contributed by atoms with Gasteiger partial charge < -0.3 is 19.2 Å². The number of furan rings is 1. The van der Waals surface area contributed by atoms with E-state index in [-0.39, 0.29) is 29.7 Å². The maximum atomic E-state index is 12.6. The van der Waals surface area contributed by atoms with Crippen LogP contribution < -0.4 is 14.8 Å². The average molecular weight is 399 g/mol. The van der Waals surface area contributed by atoms with Crippen molar-refractivity contribution in [1.82, 2.24) is 5.32 Å². The first-order valence-electron chi connectivity index (χ1n) is 8.54.